The molecule has 0 aromatic carbocycles. The van der Waals surface area contributed by atoms with E-state index >= 15 is 0 Å². The quantitative estimate of drug-likeness (QED) is 0.198. The van der Waals surface area contributed by atoms with Crippen molar-refractivity contribution in [3.05, 3.63) is 36.0 Å². The van der Waals surface area contributed by atoms with Crippen LogP contribution in [0, 0.1) is 5.92 Å². The van der Waals surface area contributed by atoms with Crippen molar-refractivity contribution in [1.29, 1.82) is 0 Å². The number of epoxide rings is 1. The zero-order chi connectivity index (χ0) is 26.7. The van der Waals surface area contributed by atoms with E-state index in [1.807, 2.05) is 19.9 Å². The average Bonchev–Trinajstić information content (AvgIpc) is 3.54. The van der Waals surface area contributed by atoms with E-state index in [-0.39, 0.29) is 36.5 Å². The molecule has 202 valence electrons. The SMILES string of the molecule is CC(=O)O[C@@H](C)/C=C/C(=O)N[C@@H]1C[C@H](C)[C@H](C/C=C(C)/C=C/[C@H]2O[C@](C)(O)C[C@@]3(CO3)[C@@H]2O)O[C@@H]1C. The van der Waals surface area contributed by atoms with Crippen LogP contribution >= 0.6 is 0 Å². The molecule has 0 aromatic heterocycles. The Morgan fingerprint density at radius 3 is 2.58 bits per heavy atom. The molecule has 0 aromatic rings. The Morgan fingerprint density at radius 2 is 1.94 bits per heavy atom. The maximum Gasteiger partial charge on any atom is 0.303 e. The van der Waals surface area contributed by atoms with E-state index < -0.39 is 35.7 Å². The first-order valence-electron chi connectivity index (χ1n) is 12.7. The molecule has 3 saturated heterocycles. The van der Waals surface area contributed by atoms with E-state index in [0.717, 1.165) is 12.0 Å². The van der Waals surface area contributed by atoms with Crippen LogP contribution in [0.15, 0.2) is 36.0 Å². The van der Waals surface area contributed by atoms with Gasteiger partial charge in [0.25, 0.3) is 0 Å². The van der Waals surface area contributed by atoms with Crippen molar-refractivity contribution in [3.8, 4) is 0 Å². The zero-order valence-electron chi connectivity index (χ0n) is 22.1. The molecule has 36 heavy (non-hydrogen) atoms. The van der Waals surface area contributed by atoms with Gasteiger partial charge in [-0.1, -0.05) is 30.7 Å². The summed E-state index contributed by atoms with van der Waals surface area (Å²) >= 11 is 0. The highest BCUT2D eigenvalue weighted by molar-refractivity contribution is 5.87. The molecule has 0 aliphatic carbocycles. The third kappa shape index (κ3) is 7.73. The predicted molar refractivity (Wildman–Crippen MR) is 133 cm³/mol. The van der Waals surface area contributed by atoms with Gasteiger partial charge in [0.15, 0.2) is 5.79 Å². The number of esters is 1. The highest BCUT2D eigenvalue weighted by atomic mass is 16.7. The van der Waals surface area contributed by atoms with Gasteiger partial charge < -0.3 is 34.5 Å². The smallest absolute Gasteiger partial charge is 0.303 e. The predicted octanol–water partition coefficient (Wildman–Crippen LogP) is 2.31. The Balaban J connectivity index is 1.49. The summed E-state index contributed by atoms with van der Waals surface area (Å²) < 4.78 is 22.3. The van der Waals surface area contributed by atoms with Crippen molar-refractivity contribution < 1.29 is 38.7 Å². The van der Waals surface area contributed by atoms with Crippen LogP contribution in [0.3, 0.4) is 0 Å². The second-order valence-corrected chi connectivity index (χ2v) is 10.7. The first-order valence-corrected chi connectivity index (χ1v) is 12.7. The summed E-state index contributed by atoms with van der Waals surface area (Å²) in [7, 11) is 0. The van der Waals surface area contributed by atoms with Gasteiger partial charge >= 0.3 is 5.97 Å². The molecule has 0 unspecified atom stereocenters. The lowest BCUT2D eigenvalue weighted by molar-refractivity contribution is -0.272. The standard InChI is InChI=1S/C27H41NO8/c1-16(8-11-23-25(31)27(15-33-27)14-26(6,32)36-23)7-10-22-17(2)13-21(19(4)35-22)28-24(30)12-9-18(3)34-20(5)29/h7-9,11-12,17-19,21-23,25,31-32H,10,13-15H2,1-6H3,(H,28,30)/b11-8+,12-9+,16-7+/t17-,18-,19+,21+,22-,23+,25+,26-,27+/m0/s1. The summed E-state index contributed by atoms with van der Waals surface area (Å²) in [5.41, 5.74) is 0.283. The lowest BCUT2D eigenvalue weighted by Gasteiger charge is -2.40. The minimum Gasteiger partial charge on any atom is -0.459 e. The molecule has 1 amide bonds. The fourth-order valence-electron chi connectivity index (χ4n) is 4.95. The highest BCUT2D eigenvalue weighted by Gasteiger charge is 2.61. The second kappa shape index (κ2) is 11.6. The van der Waals surface area contributed by atoms with Gasteiger partial charge in [-0.25, -0.2) is 0 Å². The first-order chi connectivity index (χ1) is 16.8. The highest BCUT2D eigenvalue weighted by Crippen LogP contribution is 2.45. The molecule has 3 aliphatic rings. The van der Waals surface area contributed by atoms with E-state index in [0.29, 0.717) is 13.0 Å². The number of carbonyl (C=O) groups is 2. The van der Waals surface area contributed by atoms with Gasteiger partial charge in [-0.3, -0.25) is 9.59 Å². The molecule has 0 saturated carbocycles. The molecule has 9 nitrogen and oxygen atoms in total. The largest absolute Gasteiger partial charge is 0.459 e. The molecule has 1 spiro atoms. The molecular formula is C27H41NO8. The van der Waals surface area contributed by atoms with E-state index in [4.69, 9.17) is 18.9 Å². The number of aliphatic hydroxyl groups excluding tert-OH is 1. The Hall–Kier alpha value is -2.04. The number of ether oxygens (including phenoxy) is 4. The van der Waals surface area contributed by atoms with Gasteiger partial charge in [0, 0.05) is 19.4 Å². The number of hydrogen-bond acceptors (Lipinski definition) is 8. The monoisotopic (exact) mass is 507 g/mol. The average molecular weight is 508 g/mol. The van der Waals surface area contributed by atoms with Crippen molar-refractivity contribution >= 4 is 11.9 Å². The molecule has 3 fully saturated rings. The number of amides is 1. The molecular weight excluding hydrogens is 466 g/mol. The number of allylic oxidation sites excluding steroid dienone is 2. The summed E-state index contributed by atoms with van der Waals surface area (Å²) in [5, 5.41) is 23.9. The van der Waals surface area contributed by atoms with Gasteiger partial charge in [0.1, 0.15) is 23.9 Å². The van der Waals surface area contributed by atoms with Crippen molar-refractivity contribution in [1.82, 2.24) is 5.32 Å². The number of nitrogens with one attached hydrogen (secondary N) is 1. The minimum atomic E-state index is -1.34. The number of rotatable bonds is 8. The third-order valence-electron chi connectivity index (χ3n) is 7.02. The molecule has 3 rings (SSSR count). The maximum atomic E-state index is 12.3. The van der Waals surface area contributed by atoms with Gasteiger partial charge in [0.05, 0.1) is 24.9 Å². The normalized spacial score (nSPS) is 39.9. The van der Waals surface area contributed by atoms with Crippen LogP contribution in [0.5, 0.6) is 0 Å². The van der Waals surface area contributed by atoms with Crippen LogP contribution in [0.4, 0.5) is 0 Å². The van der Waals surface area contributed by atoms with E-state index in [2.05, 4.69) is 18.3 Å². The summed E-state index contributed by atoms with van der Waals surface area (Å²) in [6.07, 6.45) is 8.33. The van der Waals surface area contributed by atoms with Crippen molar-refractivity contribution in [2.75, 3.05) is 6.61 Å². The Kier molecular flexibility index (Phi) is 9.16. The summed E-state index contributed by atoms with van der Waals surface area (Å²) in [5.74, 6) is -1.75. The van der Waals surface area contributed by atoms with Gasteiger partial charge in [-0.2, -0.15) is 0 Å². The third-order valence-corrected chi connectivity index (χ3v) is 7.02. The number of aliphatic hydroxyl groups is 2. The molecule has 3 N–H and O–H groups in total. The van der Waals surface area contributed by atoms with Crippen LogP contribution in [0.2, 0.25) is 0 Å². The number of hydrogen-bond donors (Lipinski definition) is 3. The summed E-state index contributed by atoms with van der Waals surface area (Å²) in [4.78, 5) is 23.3. The molecule has 9 atom stereocenters. The second-order valence-electron chi connectivity index (χ2n) is 10.7. The lowest BCUT2D eigenvalue weighted by atomic mass is 9.87. The van der Waals surface area contributed by atoms with Crippen molar-refractivity contribution in [2.24, 2.45) is 5.92 Å². The van der Waals surface area contributed by atoms with Crippen LogP contribution in [0.25, 0.3) is 0 Å². The van der Waals surface area contributed by atoms with Crippen LogP contribution in [-0.4, -0.2) is 76.6 Å². The fraction of sp³-hybridized carbons (Fsp3) is 0.704. The van der Waals surface area contributed by atoms with E-state index in [9.17, 15) is 19.8 Å². The first kappa shape index (κ1) is 28.5. The molecule has 3 aliphatic heterocycles. The summed E-state index contributed by atoms with van der Waals surface area (Å²) in [6, 6.07) is -0.114. The van der Waals surface area contributed by atoms with Crippen molar-refractivity contribution in [3.63, 3.8) is 0 Å². The van der Waals surface area contributed by atoms with Crippen LogP contribution in [-0.2, 0) is 28.5 Å². The minimum absolute atomic E-state index is 0.0106. The Bertz CT molecular complexity index is 890. The van der Waals surface area contributed by atoms with Gasteiger partial charge in [0.2, 0.25) is 5.91 Å². The summed E-state index contributed by atoms with van der Waals surface area (Å²) in [6.45, 7) is 11.1. The molecule has 9 heteroatoms. The molecule has 0 bridgehead atoms. The van der Waals surface area contributed by atoms with Crippen LogP contribution in [0.1, 0.15) is 60.8 Å². The van der Waals surface area contributed by atoms with E-state index in [1.54, 1.807) is 26.0 Å². The lowest BCUT2D eigenvalue weighted by Crippen LogP contribution is -2.54. The van der Waals surface area contributed by atoms with Gasteiger partial charge in [-0.15, -0.1) is 0 Å². The Morgan fingerprint density at radius 1 is 1.25 bits per heavy atom. The van der Waals surface area contributed by atoms with E-state index in [1.165, 1.54) is 13.0 Å². The topological polar surface area (TPSA) is 127 Å². The van der Waals surface area contributed by atoms with Crippen molar-refractivity contribution in [2.45, 2.75) is 109 Å². The number of carbonyl (C=O) groups excluding carboxylic acids is 2. The zero-order valence-corrected chi connectivity index (χ0v) is 22.1. The van der Waals surface area contributed by atoms with Gasteiger partial charge in [-0.05, 0) is 52.5 Å². The fourth-order valence-corrected chi connectivity index (χ4v) is 4.95. The Labute approximate surface area is 213 Å². The molecule has 0 radical (unpaired) electrons. The molecule has 3 heterocycles. The maximum absolute atomic E-state index is 12.3. The van der Waals surface area contributed by atoms with Crippen LogP contribution < -0.4 is 5.32 Å².